The van der Waals surface area contributed by atoms with Crippen LogP contribution < -0.4 is 10.9 Å². The molecule has 30 heavy (non-hydrogen) atoms. The minimum Gasteiger partial charge on any atom is -0.385 e. The van der Waals surface area contributed by atoms with Gasteiger partial charge in [-0.25, -0.2) is 4.98 Å². The highest BCUT2D eigenvalue weighted by atomic mass is 16.1. The molecule has 152 valence electrons. The van der Waals surface area contributed by atoms with Crippen LogP contribution in [0.15, 0.2) is 77.9 Å². The van der Waals surface area contributed by atoms with E-state index in [1.807, 2.05) is 47.0 Å². The topological polar surface area (TPSA) is 65.4 Å². The second-order valence-electron chi connectivity index (χ2n) is 7.95. The molecule has 0 spiro atoms. The normalized spacial score (nSPS) is 16.9. The highest BCUT2D eigenvalue weighted by Gasteiger charge is 2.23. The average Bonchev–Trinajstić information content (AvgIpc) is 3.41. The molecule has 0 radical (unpaired) electrons. The van der Waals surface area contributed by atoms with Crippen molar-refractivity contribution in [2.45, 2.75) is 13.0 Å². The summed E-state index contributed by atoms with van der Waals surface area (Å²) in [5.74, 6) is 1.40. The van der Waals surface area contributed by atoms with Crippen LogP contribution in [0, 0.1) is 5.92 Å². The SMILES string of the molecule is O=c1[nH]c(CN2CCC(CNc3ccccc3)C2)cn2c(-c3ccccc3)ncc12. The van der Waals surface area contributed by atoms with Gasteiger partial charge in [0.05, 0.1) is 6.20 Å². The summed E-state index contributed by atoms with van der Waals surface area (Å²) >= 11 is 0. The van der Waals surface area contributed by atoms with Crippen molar-refractivity contribution >= 4 is 11.2 Å². The van der Waals surface area contributed by atoms with E-state index in [0.29, 0.717) is 11.4 Å². The largest absolute Gasteiger partial charge is 0.385 e. The quantitative estimate of drug-likeness (QED) is 0.520. The van der Waals surface area contributed by atoms with E-state index in [-0.39, 0.29) is 5.56 Å². The van der Waals surface area contributed by atoms with Gasteiger partial charge in [-0.15, -0.1) is 0 Å². The molecule has 1 aliphatic heterocycles. The second-order valence-corrected chi connectivity index (χ2v) is 7.95. The number of para-hydroxylation sites is 1. The van der Waals surface area contributed by atoms with E-state index in [0.717, 1.165) is 49.7 Å². The van der Waals surface area contributed by atoms with Gasteiger partial charge in [0, 0.05) is 42.8 Å². The molecule has 0 saturated carbocycles. The maximum absolute atomic E-state index is 12.6. The van der Waals surface area contributed by atoms with Crippen molar-refractivity contribution in [1.29, 1.82) is 0 Å². The van der Waals surface area contributed by atoms with Gasteiger partial charge in [-0.3, -0.25) is 14.1 Å². The summed E-state index contributed by atoms with van der Waals surface area (Å²) in [6.45, 7) is 3.77. The number of nitrogens with zero attached hydrogens (tertiary/aromatic N) is 3. The van der Waals surface area contributed by atoms with Gasteiger partial charge in [0.25, 0.3) is 5.56 Å². The third-order valence-corrected chi connectivity index (χ3v) is 5.75. The van der Waals surface area contributed by atoms with E-state index in [4.69, 9.17) is 0 Å². The van der Waals surface area contributed by atoms with Gasteiger partial charge in [0.1, 0.15) is 11.3 Å². The lowest BCUT2D eigenvalue weighted by molar-refractivity contribution is 0.314. The molecular formula is C24H25N5O. The van der Waals surface area contributed by atoms with E-state index in [1.54, 1.807) is 6.20 Å². The molecule has 2 N–H and O–H groups in total. The standard InChI is InChI=1S/C24H25N5O/c30-24-22-14-26-23(19-7-3-1-4-8-19)29(22)17-21(27-24)16-28-12-11-18(15-28)13-25-20-9-5-2-6-10-20/h1-10,14,17-18,25H,11-13,15-16H2,(H,27,30). The number of fused-ring (bicyclic) bond motifs is 1. The number of hydrogen-bond donors (Lipinski definition) is 2. The first-order valence-corrected chi connectivity index (χ1v) is 10.4. The Hall–Kier alpha value is -3.38. The molecule has 1 saturated heterocycles. The summed E-state index contributed by atoms with van der Waals surface area (Å²) in [6, 6.07) is 20.3. The zero-order valence-corrected chi connectivity index (χ0v) is 16.8. The lowest BCUT2D eigenvalue weighted by Gasteiger charge is -2.17. The smallest absolute Gasteiger partial charge is 0.274 e. The molecule has 3 heterocycles. The van der Waals surface area contributed by atoms with E-state index < -0.39 is 0 Å². The van der Waals surface area contributed by atoms with Gasteiger partial charge in [0.15, 0.2) is 0 Å². The summed E-state index contributed by atoms with van der Waals surface area (Å²) in [4.78, 5) is 22.5. The minimum absolute atomic E-state index is 0.0938. The Balaban J connectivity index is 1.29. The molecule has 6 heteroatoms. The van der Waals surface area contributed by atoms with Crippen LogP contribution in [0.2, 0.25) is 0 Å². The number of imidazole rings is 1. The van der Waals surface area contributed by atoms with Crippen LogP contribution in [0.1, 0.15) is 12.1 Å². The third kappa shape index (κ3) is 3.86. The number of hydrogen-bond acceptors (Lipinski definition) is 4. The lowest BCUT2D eigenvalue weighted by Crippen LogP contribution is -2.25. The zero-order valence-electron chi connectivity index (χ0n) is 16.8. The summed E-state index contributed by atoms with van der Waals surface area (Å²) in [7, 11) is 0. The van der Waals surface area contributed by atoms with Gasteiger partial charge in [-0.2, -0.15) is 0 Å². The summed E-state index contributed by atoms with van der Waals surface area (Å²) in [5.41, 5.74) is 3.56. The van der Waals surface area contributed by atoms with Crippen LogP contribution in [-0.2, 0) is 6.54 Å². The molecular weight excluding hydrogens is 374 g/mol. The number of rotatable bonds is 6. The van der Waals surface area contributed by atoms with Crippen molar-refractivity contribution in [3.8, 4) is 11.4 Å². The molecule has 4 aromatic rings. The van der Waals surface area contributed by atoms with Gasteiger partial charge in [0.2, 0.25) is 0 Å². The Labute approximate surface area is 175 Å². The van der Waals surface area contributed by atoms with E-state index in [9.17, 15) is 4.79 Å². The molecule has 2 aromatic carbocycles. The van der Waals surface area contributed by atoms with Gasteiger partial charge < -0.3 is 10.3 Å². The van der Waals surface area contributed by atoms with E-state index >= 15 is 0 Å². The second kappa shape index (κ2) is 8.16. The number of aromatic amines is 1. The fourth-order valence-corrected chi connectivity index (χ4v) is 4.22. The number of benzene rings is 2. The Morgan fingerprint density at radius 3 is 2.63 bits per heavy atom. The molecule has 1 aliphatic rings. The van der Waals surface area contributed by atoms with E-state index in [1.165, 1.54) is 5.69 Å². The first-order chi connectivity index (χ1) is 14.8. The van der Waals surface area contributed by atoms with Crippen molar-refractivity contribution in [3.63, 3.8) is 0 Å². The Morgan fingerprint density at radius 2 is 1.83 bits per heavy atom. The Morgan fingerprint density at radius 1 is 1.07 bits per heavy atom. The van der Waals surface area contributed by atoms with Crippen LogP contribution in [0.3, 0.4) is 0 Å². The van der Waals surface area contributed by atoms with Gasteiger partial charge >= 0.3 is 0 Å². The molecule has 1 fully saturated rings. The number of aromatic nitrogens is 3. The minimum atomic E-state index is -0.0938. The van der Waals surface area contributed by atoms with Crippen LogP contribution in [0.25, 0.3) is 16.9 Å². The summed E-state index contributed by atoms with van der Waals surface area (Å²) in [5, 5.41) is 3.53. The Kier molecular flexibility index (Phi) is 5.07. The average molecular weight is 399 g/mol. The van der Waals surface area contributed by atoms with Gasteiger partial charge in [-0.1, -0.05) is 48.5 Å². The fraction of sp³-hybridized carbons (Fsp3) is 0.250. The third-order valence-electron chi connectivity index (χ3n) is 5.75. The molecule has 5 rings (SSSR count). The number of likely N-dealkylation sites (tertiary alicyclic amines) is 1. The molecule has 0 bridgehead atoms. The van der Waals surface area contributed by atoms with Crippen molar-refractivity contribution in [1.82, 2.24) is 19.3 Å². The highest BCUT2D eigenvalue weighted by molar-refractivity contribution is 5.61. The van der Waals surface area contributed by atoms with Crippen molar-refractivity contribution in [3.05, 3.63) is 89.1 Å². The van der Waals surface area contributed by atoms with Crippen molar-refractivity contribution in [2.24, 2.45) is 5.92 Å². The fourth-order valence-electron chi connectivity index (χ4n) is 4.22. The van der Waals surface area contributed by atoms with Crippen LogP contribution >= 0.6 is 0 Å². The molecule has 1 atom stereocenters. The molecule has 2 aromatic heterocycles. The highest BCUT2D eigenvalue weighted by Crippen LogP contribution is 2.21. The Bertz CT molecular complexity index is 1180. The zero-order chi connectivity index (χ0) is 20.3. The van der Waals surface area contributed by atoms with E-state index in [2.05, 4.69) is 44.5 Å². The van der Waals surface area contributed by atoms with Crippen LogP contribution in [0.4, 0.5) is 5.69 Å². The monoisotopic (exact) mass is 399 g/mol. The summed E-state index contributed by atoms with van der Waals surface area (Å²) < 4.78 is 1.91. The van der Waals surface area contributed by atoms with Gasteiger partial charge in [-0.05, 0) is 31.0 Å². The first kappa shape index (κ1) is 18.6. The number of H-pyrrole nitrogens is 1. The maximum Gasteiger partial charge on any atom is 0.274 e. The van der Waals surface area contributed by atoms with Crippen LogP contribution in [0.5, 0.6) is 0 Å². The first-order valence-electron chi connectivity index (χ1n) is 10.4. The summed E-state index contributed by atoms with van der Waals surface area (Å²) in [6.07, 6.45) is 4.82. The van der Waals surface area contributed by atoms with Crippen molar-refractivity contribution < 1.29 is 0 Å². The van der Waals surface area contributed by atoms with Crippen molar-refractivity contribution in [2.75, 3.05) is 25.0 Å². The predicted molar refractivity (Wildman–Crippen MR) is 120 cm³/mol. The molecule has 1 unspecified atom stereocenters. The predicted octanol–water partition coefficient (Wildman–Crippen LogP) is 3.62. The molecule has 0 amide bonds. The maximum atomic E-state index is 12.6. The molecule has 6 nitrogen and oxygen atoms in total. The molecule has 0 aliphatic carbocycles. The van der Waals surface area contributed by atoms with Crippen LogP contribution in [-0.4, -0.2) is 38.9 Å². The lowest BCUT2D eigenvalue weighted by atomic mass is 10.1. The number of anilines is 1. The number of nitrogens with one attached hydrogen (secondary N) is 2.